The van der Waals surface area contributed by atoms with Gasteiger partial charge in [-0.2, -0.15) is 0 Å². The van der Waals surface area contributed by atoms with Crippen molar-refractivity contribution in [2.24, 2.45) is 0 Å². The summed E-state index contributed by atoms with van der Waals surface area (Å²) in [6.07, 6.45) is 2.32. The molecule has 0 bridgehead atoms. The van der Waals surface area contributed by atoms with Crippen LogP contribution < -0.4 is 5.32 Å². The van der Waals surface area contributed by atoms with Crippen LogP contribution >= 0.6 is 0 Å². The molecule has 0 unspecified atom stereocenters. The molecule has 0 aromatic rings. The number of nitrogens with one attached hydrogen (secondary N) is 1. The molecule has 1 aliphatic carbocycles. The Morgan fingerprint density at radius 2 is 1.81 bits per heavy atom. The van der Waals surface area contributed by atoms with E-state index in [1.54, 1.807) is 0 Å². The highest BCUT2D eigenvalue weighted by Crippen LogP contribution is 2.19. The Balaban J connectivity index is 1.69. The van der Waals surface area contributed by atoms with Crippen molar-refractivity contribution in [1.82, 2.24) is 15.1 Å². The first-order valence-electron chi connectivity index (χ1n) is 6.22. The smallest absolute Gasteiger partial charge is 0.317 e. The molecule has 1 N–H and O–H groups in total. The van der Waals surface area contributed by atoms with Gasteiger partial charge in [0.15, 0.2) is 0 Å². The van der Waals surface area contributed by atoms with Gasteiger partial charge in [0.05, 0.1) is 0 Å². The Hall–Kier alpha value is -0.770. The quantitative estimate of drug-likeness (QED) is 0.779. The third-order valence-electron chi connectivity index (χ3n) is 3.10. The lowest BCUT2D eigenvalue weighted by atomic mass is 10.2. The highest BCUT2D eigenvalue weighted by atomic mass is 16.2. The molecule has 16 heavy (non-hydrogen) atoms. The fraction of sp³-hybridized carbons (Fsp3) is 0.833. The van der Waals surface area contributed by atoms with Crippen molar-refractivity contribution < 1.29 is 4.79 Å². The first kappa shape index (κ1) is 11.7. The minimum atomic E-state index is 0.138. The number of amides is 2. The van der Waals surface area contributed by atoms with Crippen molar-refractivity contribution in [3.05, 3.63) is 5.92 Å². The zero-order chi connectivity index (χ0) is 11.5. The average molecular weight is 224 g/mol. The van der Waals surface area contributed by atoms with Gasteiger partial charge in [-0.05, 0) is 18.8 Å². The van der Waals surface area contributed by atoms with Crippen molar-refractivity contribution in [3.63, 3.8) is 0 Å². The van der Waals surface area contributed by atoms with E-state index >= 15 is 0 Å². The van der Waals surface area contributed by atoms with E-state index < -0.39 is 0 Å². The van der Waals surface area contributed by atoms with Gasteiger partial charge in [0.1, 0.15) is 0 Å². The van der Waals surface area contributed by atoms with Crippen LogP contribution in [0.25, 0.3) is 0 Å². The lowest BCUT2D eigenvalue weighted by Crippen LogP contribution is -2.52. The molecule has 2 amide bonds. The summed E-state index contributed by atoms with van der Waals surface area (Å²) in [6.45, 7) is 9.13. The van der Waals surface area contributed by atoms with Gasteiger partial charge in [-0.25, -0.2) is 4.79 Å². The fourth-order valence-electron chi connectivity index (χ4n) is 2.05. The van der Waals surface area contributed by atoms with E-state index in [4.69, 9.17) is 0 Å². The van der Waals surface area contributed by atoms with Crippen LogP contribution in [0.4, 0.5) is 4.79 Å². The molecule has 2 rings (SSSR count). The number of carbonyl (C=O) groups is 1. The first-order chi connectivity index (χ1) is 7.65. The molecule has 2 aliphatic rings. The van der Waals surface area contributed by atoms with Gasteiger partial charge < -0.3 is 10.2 Å². The van der Waals surface area contributed by atoms with Gasteiger partial charge in [-0.1, -0.05) is 13.8 Å². The van der Waals surface area contributed by atoms with Crippen LogP contribution in [0.1, 0.15) is 26.7 Å². The van der Waals surface area contributed by atoms with Gasteiger partial charge in [-0.3, -0.25) is 4.90 Å². The summed E-state index contributed by atoms with van der Waals surface area (Å²) in [5, 5.41) is 3.04. The molecule has 1 saturated carbocycles. The third kappa shape index (κ3) is 3.37. The van der Waals surface area contributed by atoms with Crippen LogP contribution in [-0.2, 0) is 0 Å². The Labute approximate surface area is 98.0 Å². The summed E-state index contributed by atoms with van der Waals surface area (Å²) in [6, 6.07) is 0.607. The summed E-state index contributed by atoms with van der Waals surface area (Å²) in [7, 11) is 0. The maximum Gasteiger partial charge on any atom is 0.317 e. The zero-order valence-corrected chi connectivity index (χ0v) is 10.3. The lowest BCUT2D eigenvalue weighted by Gasteiger charge is -2.35. The number of rotatable bonds is 3. The Morgan fingerprint density at radius 3 is 2.31 bits per heavy atom. The van der Waals surface area contributed by atoms with Gasteiger partial charge in [0.25, 0.3) is 0 Å². The van der Waals surface area contributed by atoms with Crippen LogP contribution in [0.2, 0.25) is 0 Å². The van der Waals surface area contributed by atoms with Gasteiger partial charge in [0.2, 0.25) is 0 Å². The molecule has 1 heterocycles. The molecular weight excluding hydrogens is 202 g/mol. The molecule has 0 spiro atoms. The lowest BCUT2D eigenvalue weighted by molar-refractivity contribution is 0.142. The third-order valence-corrected chi connectivity index (χ3v) is 3.10. The minimum absolute atomic E-state index is 0.138. The van der Waals surface area contributed by atoms with Gasteiger partial charge in [0, 0.05) is 38.8 Å². The number of piperazine rings is 1. The minimum Gasteiger partial charge on any atom is -0.335 e. The second kappa shape index (κ2) is 5.04. The molecule has 4 heteroatoms. The second-order valence-corrected chi connectivity index (χ2v) is 5.19. The summed E-state index contributed by atoms with van der Waals surface area (Å²) in [5.74, 6) is 1.44. The maximum absolute atomic E-state index is 11.8. The van der Waals surface area contributed by atoms with E-state index in [2.05, 4.69) is 24.1 Å². The SMILES string of the molecule is C[C](C)CN1CCN(C(=O)NC2CC2)CC1. The molecule has 4 nitrogen and oxygen atoms in total. The predicted molar refractivity (Wildman–Crippen MR) is 64.2 cm³/mol. The van der Waals surface area contributed by atoms with E-state index in [9.17, 15) is 4.79 Å². The van der Waals surface area contributed by atoms with Gasteiger partial charge >= 0.3 is 6.03 Å². The summed E-state index contributed by atoms with van der Waals surface area (Å²) in [4.78, 5) is 16.1. The van der Waals surface area contributed by atoms with Gasteiger partial charge in [-0.15, -0.1) is 0 Å². The summed E-state index contributed by atoms with van der Waals surface area (Å²) in [5.41, 5.74) is 0. The number of urea groups is 1. The highest BCUT2D eigenvalue weighted by molar-refractivity contribution is 5.75. The zero-order valence-electron chi connectivity index (χ0n) is 10.3. The topological polar surface area (TPSA) is 35.6 Å². The Kier molecular flexibility index (Phi) is 3.69. The molecule has 91 valence electrons. The van der Waals surface area contributed by atoms with Crippen LogP contribution in [0.5, 0.6) is 0 Å². The standard InChI is InChI=1S/C12H22N3O/c1-10(2)9-14-5-7-15(8-6-14)12(16)13-11-3-4-11/h11H,3-9H2,1-2H3,(H,13,16). The van der Waals surface area contributed by atoms with E-state index in [1.807, 2.05) is 4.90 Å². The van der Waals surface area contributed by atoms with E-state index in [-0.39, 0.29) is 6.03 Å². The van der Waals surface area contributed by atoms with E-state index in [0.717, 1.165) is 45.6 Å². The molecular formula is C12H22N3O. The van der Waals surface area contributed by atoms with Crippen molar-refractivity contribution >= 4 is 6.03 Å². The summed E-state index contributed by atoms with van der Waals surface area (Å²) < 4.78 is 0. The monoisotopic (exact) mass is 224 g/mol. The molecule has 1 saturated heterocycles. The number of hydrogen-bond donors (Lipinski definition) is 1. The number of carbonyl (C=O) groups excluding carboxylic acids is 1. The highest BCUT2D eigenvalue weighted by Gasteiger charge is 2.27. The van der Waals surface area contributed by atoms with Crippen molar-refractivity contribution in [2.75, 3.05) is 32.7 Å². The normalized spacial score (nSPS) is 22.6. The Morgan fingerprint density at radius 1 is 1.19 bits per heavy atom. The molecule has 1 aliphatic heterocycles. The van der Waals surface area contributed by atoms with Crippen LogP contribution in [-0.4, -0.2) is 54.6 Å². The molecule has 2 fully saturated rings. The average Bonchev–Trinajstić information content (AvgIpc) is 3.01. The van der Waals surface area contributed by atoms with Crippen LogP contribution in [0, 0.1) is 5.92 Å². The summed E-state index contributed by atoms with van der Waals surface area (Å²) >= 11 is 0. The molecule has 0 aromatic heterocycles. The predicted octanol–water partition coefficient (Wildman–Crippen LogP) is 1.09. The van der Waals surface area contributed by atoms with E-state index in [1.165, 1.54) is 5.92 Å². The first-order valence-corrected chi connectivity index (χ1v) is 6.22. The van der Waals surface area contributed by atoms with Crippen LogP contribution in [0.15, 0.2) is 0 Å². The Bertz CT molecular complexity index is 243. The van der Waals surface area contributed by atoms with Crippen LogP contribution in [0.3, 0.4) is 0 Å². The molecule has 0 atom stereocenters. The van der Waals surface area contributed by atoms with Crippen molar-refractivity contribution in [3.8, 4) is 0 Å². The fourth-order valence-corrected chi connectivity index (χ4v) is 2.05. The maximum atomic E-state index is 11.8. The van der Waals surface area contributed by atoms with Crippen molar-refractivity contribution in [1.29, 1.82) is 0 Å². The number of nitrogens with zero attached hydrogens (tertiary/aromatic N) is 2. The molecule has 1 radical (unpaired) electrons. The van der Waals surface area contributed by atoms with E-state index in [0.29, 0.717) is 6.04 Å². The van der Waals surface area contributed by atoms with Crippen molar-refractivity contribution in [2.45, 2.75) is 32.7 Å². The largest absolute Gasteiger partial charge is 0.335 e. The molecule has 0 aromatic carbocycles. The number of hydrogen-bond acceptors (Lipinski definition) is 2. The second-order valence-electron chi connectivity index (χ2n) is 5.19.